The lowest BCUT2D eigenvalue weighted by Gasteiger charge is -2.16. The number of amides is 1. The minimum Gasteiger partial charge on any atom is -0.482 e. The number of halogens is 2. The maximum Gasteiger partial charge on any atom is 0.257 e. The van der Waals surface area contributed by atoms with E-state index in [0.29, 0.717) is 13.0 Å². The van der Waals surface area contributed by atoms with Gasteiger partial charge in [-0.3, -0.25) is 4.79 Å². The highest BCUT2D eigenvalue weighted by molar-refractivity contribution is 6.32. The molecule has 2 N–H and O–H groups in total. The van der Waals surface area contributed by atoms with Gasteiger partial charge in [0.25, 0.3) is 5.91 Å². The van der Waals surface area contributed by atoms with Crippen molar-refractivity contribution < 1.29 is 19.0 Å². The largest absolute Gasteiger partial charge is 0.482 e. The smallest absolute Gasteiger partial charge is 0.257 e. The molecule has 0 saturated heterocycles. The molecule has 0 aromatic heterocycles. The fraction of sp³-hybridized carbons (Fsp3) is 0.533. The Hall–Kier alpha value is -1.33. The predicted molar refractivity (Wildman–Crippen MR) is 80.0 cm³/mol. The van der Waals surface area contributed by atoms with Crippen LogP contribution < -0.4 is 10.1 Å². The molecule has 1 rings (SSSR count). The normalized spacial score (nSPS) is 12.0. The summed E-state index contributed by atoms with van der Waals surface area (Å²) < 4.78 is 18.1. The van der Waals surface area contributed by atoms with Crippen LogP contribution in [0.5, 0.6) is 5.75 Å². The Bertz CT molecular complexity index is 451. The topological polar surface area (TPSA) is 58.6 Å². The van der Waals surface area contributed by atoms with E-state index in [1.165, 1.54) is 12.1 Å². The number of carbonyl (C=O) groups is 1. The van der Waals surface area contributed by atoms with Crippen molar-refractivity contribution in [2.75, 3.05) is 19.8 Å². The van der Waals surface area contributed by atoms with Gasteiger partial charge in [0, 0.05) is 13.2 Å². The van der Waals surface area contributed by atoms with Gasteiger partial charge in [0.05, 0.1) is 5.02 Å². The first-order chi connectivity index (χ1) is 10.1. The van der Waals surface area contributed by atoms with Crippen LogP contribution in [-0.2, 0) is 4.79 Å². The summed E-state index contributed by atoms with van der Waals surface area (Å²) in [5.41, 5.74) is 0. The van der Waals surface area contributed by atoms with E-state index in [4.69, 9.17) is 21.4 Å². The molecule has 0 aliphatic rings. The predicted octanol–water partition coefficient (Wildman–Crippen LogP) is 2.77. The molecule has 1 aromatic rings. The summed E-state index contributed by atoms with van der Waals surface area (Å²) in [6.45, 7) is 2.51. The van der Waals surface area contributed by atoms with E-state index in [0.717, 1.165) is 18.9 Å². The third kappa shape index (κ3) is 6.78. The van der Waals surface area contributed by atoms with Crippen LogP contribution in [0, 0.1) is 11.7 Å². The molecule has 0 fully saturated rings. The second-order valence-electron chi connectivity index (χ2n) is 4.83. The van der Waals surface area contributed by atoms with Crippen LogP contribution in [0.3, 0.4) is 0 Å². The van der Waals surface area contributed by atoms with Gasteiger partial charge < -0.3 is 15.2 Å². The molecule has 0 saturated carbocycles. The zero-order chi connectivity index (χ0) is 15.7. The van der Waals surface area contributed by atoms with Crippen LogP contribution in [0.2, 0.25) is 5.02 Å². The number of ether oxygens (including phenoxy) is 1. The molecule has 1 amide bonds. The highest BCUT2D eigenvalue weighted by Crippen LogP contribution is 2.24. The monoisotopic (exact) mass is 317 g/mol. The van der Waals surface area contributed by atoms with Gasteiger partial charge in [0.1, 0.15) is 11.6 Å². The van der Waals surface area contributed by atoms with Gasteiger partial charge in [-0.05, 0) is 37.0 Å². The fourth-order valence-electron chi connectivity index (χ4n) is 1.98. The summed E-state index contributed by atoms with van der Waals surface area (Å²) in [6.07, 6.45) is 2.62. The summed E-state index contributed by atoms with van der Waals surface area (Å²) >= 11 is 5.80. The molecule has 6 heteroatoms. The molecular formula is C15H21ClFNO3. The second-order valence-corrected chi connectivity index (χ2v) is 5.24. The molecule has 0 spiro atoms. The van der Waals surface area contributed by atoms with Gasteiger partial charge in [-0.15, -0.1) is 0 Å². The van der Waals surface area contributed by atoms with Crippen molar-refractivity contribution in [3.05, 3.63) is 29.0 Å². The number of benzene rings is 1. The third-order valence-corrected chi connectivity index (χ3v) is 3.37. The number of aliphatic hydroxyl groups excluding tert-OH is 1. The summed E-state index contributed by atoms with van der Waals surface area (Å²) in [7, 11) is 0. The van der Waals surface area contributed by atoms with E-state index in [2.05, 4.69) is 12.2 Å². The van der Waals surface area contributed by atoms with Gasteiger partial charge in [0.15, 0.2) is 6.61 Å². The number of nitrogens with one attached hydrogen (secondary N) is 1. The van der Waals surface area contributed by atoms with Crippen LogP contribution in [0.4, 0.5) is 4.39 Å². The van der Waals surface area contributed by atoms with Gasteiger partial charge >= 0.3 is 0 Å². The average molecular weight is 318 g/mol. The molecular weight excluding hydrogens is 297 g/mol. The Balaban J connectivity index is 2.36. The van der Waals surface area contributed by atoms with Gasteiger partial charge in [0.2, 0.25) is 0 Å². The van der Waals surface area contributed by atoms with Crippen molar-refractivity contribution in [1.29, 1.82) is 0 Å². The second kappa shape index (κ2) is 9.58. The Morgan fingerprint density at radius 1 is 1.48 bits per heavy atom. The third-order valence-electron chi connectivity index (χ3n) is 3.07. The van der Waals surface area contributed by atoms with Crippen LogP contribution >= 0.6 is 11.6 Å². The standard InChI is InChI=1S/C15H21ClFNO3/c1-2-3-11(6-7-19)9-18-15(20)10-21-14-5-4-12(17)8-13(14)16/h4-5,8,11,19H,2-3,6-7,9-10H2,1H3,(H,18,20). The Morgan fingerprint density at radius 3 is 2.86 bits per heavy atom. The first-order valence-electron chi connectivity index (χ1n) is 7.02. The van der Waals surface area contributed by atoms with Crippen molar-refractivity contribution in [2.24, 2.45) is 5.92 Å². The highest BCUT2D eigenvalue weighted by atomic mass is 35.5. The quantitative estimate of drug-likeness (QED) is 0.736. The zero-order valence-electron chi connectivity index (χ0n) is 12.1. The number of hydrogen-bond acceptors (Lipinski definition) is 3. The number of carbonyl (C=O) groups excluding carboxylic acids is 1. The summed E-state index contributed by atoms with van der Waals surface area (Å²) in [4.78, 5) is 11.7. The Labute approximate surface area is 129 Å². The Kier molecular flexibility index (Phi) is 8.08. The lowest BCUT2D eigenvalue weighted by atomic mass is 10.0. The lowest BCUT2D eigenvalue weighted by Crippen LogP contribution is -2.33. The molecule has 4 nitrogen and oxygen atoms in total. The van der Waals surface area contributed by atoms with Crippen molar-refractivity contribution in [2.45, 2.75) is 26.2 Å². The van der Waals surface area contributed by atoms with Crippen molar-refractivity contribution in [1.82, 2.24) is 5.32 Å². The van der Waals surface area contributed by atoms with E-state index in [-0.39, 0.29) is 35.8 Å². The van der Waals surface area contributed by atoms with Crippen LogP contribution in [-0.4, -0.2) is 30.8 Å². The van der Waals surface area contributed by atoms with Crippen molar-refractivity contribution in [3.8, 4) is 5.75 Å². The fourth-order valence-corrected chi connectivity index (χ4v) is 2.21. The summed E-state index contributed by atoms with van der Waals surface area (Å²) in [5, 5.41) is 11.8. The van der Waals surface area contributed by atoms with Crippen LogP contribution in [0.25, 0.3) is 0 Å². The maximum absolute atomic E-state index is 12.9. The molecule has 118 valence electrons. The molecule has 21 heavy (non-hydrogen) atoms. The molecule has 1 atom stereocenters. The first kappa shape index (κ1) is 17.7. The molecule has 0 radical (unpaired) electrons. The number of rotatable bonds is 9. The molecule has 0 aliphatic carbocycles. The first-order valence-corrected chi connectivity index (χ1v) is 7.40. The molecule has 0 heterocycles. The summed E-state index contributed by atoms with van der Waals surface area (Å²) in [5.74, 6) is -0.190. The van der Waals surface area contributed by atoms with Crippen LogP contribution in [0.1, 0.15) is 26.2 Å². The highest BCUT2D eigenvalue weighted by Gasteiger charge is 2.11. The van der Waals surface area contributed by atoms with E-state index in [1.807, 2.05) is 0 Å². The molecule has 0 aliphatic heterocycles. The van der Waals surface area contributed by atoms with Gasteiger partial charge in [-0.1, -0.05) is 24.9 Å². The maximum atomic E-state index is 12.9. The Morgan fingerprint density at radius 2 is 2.24 bits per heavy atom. The van der Waals surface area contributed by atoms with Gasteiger partial charge in [-0.2, -0.15) is 0 Å². The minimum absolute atomic E-state index is 0.113. The average Bonchev–Trinajstić information content (AvgIpc) is 2.44. The van der Waals surface area contributed by atoms with E-state index in [9.17, 15) is 9.18 Å². The van der Waals surface area contributed by atoms with Gasteiger partial charge in [-0.25, -0.2) is 4.39 Å². The molecule has 0 bridgehead atoms. The number of aliphatic hydroxyl groups is 1. The zero-order valence-corrected chi connectivity index (χ0v) is 12.8. The molecule has 1 unspecified atom stereocenters. The van der Waals surface area contributed by atoms with Crippen LogP contribution in [0.15, 0.2) is 18.2 Å². The van der Waals surface area contributed by atoms with Crippen molar-refractivity contribution >= 4 is 17.5 Å². The minimum atomic E-state index is -0.455. The van der Waals surface area contributed by atoms with E-state index < -0.39 is 5.82 Å². The lowest BCUT2D eigenvalue weighted by molar-refractivity contribution is -0.123. The van der Waals surface area contributed by atoms with Crippen molar-refractivity contribution in [3.63, 3.8) is 0 Å². The molecule has 1 aromatic carbocycles. The number of hydrogen-bond donors (Lipinski definition) is 2. The SMILES string of the molecule is CCCC(CCO)CNC(=O)COc1ccc(F)cc1Cl. The summed E-state index contributed by atoms with van der Waals surface area (Å²) in [6, 6.07) is 3.74. The van der Waals surface area contributed by atoms with E-state index >= 15 is 0 Å². The van der Waals surface area contributed by atoms with E-state index in [1.54, 1.807) is 0 Å².